The molecule has 1 aromatic carbocycles. The van der Waals surface area contributed by atoms with Gasteiger partial charge < -0.3 is 5.32 Å². The molecule has 1 heterocycles. The Balaban J connectivity index is 1.75. The summed E-state index contributed by atoms with van der Waals surface area (Å²) in [6.45, 7) is 2.30. The summed E-state index contributed by atoms with van der Waals surface area (Å²) in [6.07, 6.45) is 6.33. The Bertz CT molecular complexity index is 484. The van der Waals surface area contributed by atoms with Gasteiger partial charge in [-0.1, -0.05) is 13.0 Å². The maximum absolute atomic E-state index is 4.24. The summed E-state index contributed by atoms with van der Waals surface area (Å²) in [5.41, 5.74) is 2.29. The van der Waals surface area contributed by atoms with Crippen LogP contribution < -0.4 is 5.32 Å². The topological polar surface area (TPSA) is 29.9 Å². The van der Waals surface area contributed by atoms with E-state index in [1.807, 2.05) is 16.9 Å². The summed E-state index contributed by atoms with van der Waals surface area (Å²) in [7, 11) is 0. The first-order chi connectivity index (χ1) is 8.31. The van der Waals surface area contributed by atoms with Crippen molar-refractivity contribution in [1.82, 2.24) is 9.78 Å². The smallest absolute Gasteiger partial charge is 0.0666 e. The number of rotatable bonds is 3. The fourth-order valence-corrected chi connectivity index (χ4v) is 2.42. The number of hydrogen-bond acceptors (Lipinski definition) is 2. The quantitative estimate of drug-likeness (QED) is 0.873. The molecule has 3 rings (SSSR count). The fourth-order valence-electron chi connectivity index (χ4n) is 2.42. The van der Waals surface area contributed by atoms with Crippen LogP contribution in [0, 0.1) is 5.92 Å². The second-order valence-corrected chi connectivity index (χ2v) is 4.92. The summed E-state index contributed by atoms with van der Waals surface area (Å²) in [6, 6.07) is 11.0. The Hall–Kier alpha value is -1.77. The van der Waals surface area contributed by atoms with Crippen LogP contribution in [-0.4, -0.2) is 15.8 Å². The lowest BCUT2D eigenvalue weighted by molar-refractivity contribution is 0.309. The van der Waals surface area contributed by atoms with E-state index in [-0.39, 0.29) is 0 Å². The lowest BCUT2D eigenvalue weighted by atomic mass is 9.82. The van der Waals surface area contributed by atoms with Crippen molar-refractivity contribution in [2.75, 3.05) is 5.32 Å². The predicted octanol–water partition coefficient (Wildman–Crippen LogP) is 3.08. The maximum Gasteiger partial charge on any atom is 0.0666 e. The van der Waals surface area contributed by atoms with Crippen LogP contribution in [0.25, 0.3) is 5.69 Å². The molecule has 0 radical (unpaired) electrons. The average molecular weight is 227 g/mol. The summed E-state index contributed by atoms with van der Waals surface area (Å²) >= 11 is 0. The van der Waals surface area contributed by atoms with Gasteiger partial charge in [-0.15, -0.1) is 0 Å². The van der Waals surface area contributed by atoms with Crippen molar-refractivity contribution in [3.05, 3.63) is 42.7 Å². The lowest BCUT2D eigenvalue weighted by Gasteiger charge is -2.34. The van der Waals surface area contributed by atoms with Crippen LogP contribution in [0.2, 0.25) is 0 Å². The second-order valence-electron chi connectivity index (χ2n) is 4.92. The highest BCUT2D eigenvalue weighted by Crippen LogP contribution is 2.29. The Kier molecular flexibility index (Phi) is 2.59. The third kappa shape index (κ3) is 2.18. The largest absolute Gasteiger partial charge is 0.382 e. The van der Waals surface area contributed by atoms with Gasteiger partial charge in [0.1, 0.15) is 0 Å². The van der Waals surface area contributed by atoms with E-state index in [9.17, 15) is 0 Å². The Labute approximate surface area is 101 Å². The normalized spacial score (nSPS) is 23.1. The molecule has 0 amide bonds. The first kappa shape index (κ1) is 10.4. The van der Waals surface area contributed by atoms with Crippen molar-refractivity contribution in [1.29, 1.82) is 0 Å². The van der Waals surface area contributed by atoms with E-state index in [1.165, 1.54) is 18.5 Å². The van der Waals surface area contributed by atoms with Gasteiger partial charge in [-0.25, -0.2) is 4.68 Å². The van der Waals surface area contributed by atoms with Crippen LogP contribution in [0.3, 0.4) is 0 Å². The van der Waals surface area contributed by atoms with Crippen LogP contribution in [0.15, 0.2) is 42.7 Å². The van der Waals surface area contributed by atoms with Crippen LogP contribution in [-0.2, 0) is 0 Å². The monoisotopic (exact) mass is 227 g/mol. The summed E-state index contributed by atoms with van der Waals surface area (Å²) in [4.78, 5) is 0. The molecule has 0 atom stereocenters. The predicted molar refractivity (Wildman–Crippen MR) is 69.4 cm³/mol. The molecular weight excluding hydrogens is 210 g/mol. The van der Waals surface area contributed by atoms with E-state index < -0.39 is 0 Å². The summed E-state index contributed by atoms with van der Waals surface area (Å²) in [5, 5.41) is 7.81. The Morgan fingerprint density at radius 3 is 2.88 bits per heavy atom. The van der Waals surface area contributed by atoms with Crippen molar-refractivity contribution >= 4 is 5.69 Å². The van der Waals surface area contributed by atoms with Gasteiger partial charge in [-0.2, -0.15) is 5.10 Å². The SMILES string of the molecule is CC1CC(Nc2cccc(-n3cccn3)c2)C1. The minimum absolute atomic E-state index is 0.651. The molecule has 0 bridgehead atoms. The maximum atomic E-state index is 4.24. The molecule has 17 heavy (non-hydrogen) atoms. The summed E-state index contributed by atoms with van der Waals surface area (Å²) < 4.78 is 1.88. The van der Waals surface area contributed by atoms with Gasteiger partial charge in [0.25, 0.3) is 0 Å². The molecule has 0 aliphatic heterocycles. The number of hydrogen-bond donors (Lipinski definition) is 1. The van der Waals surface area contributed by atoms with E-state index in [1.54, 1.807) is 6.20 Å². The van der Waals surface area contributed by atoms with Crippen molar-refractivity contribution in [3.63, 3.8) is 0 Å². The van der Waals surface area contributed by atoms with Crippen molar-refractivity contribution in [2.24, 2.45) is 5.92 Å². The second kappa shape index (κ2) is 4.24. The number of nitrogens with one attached hydrogen (secondary N) is 1. The summed E-state index contributed by atoms with van der Waals surface area (Å²) in [5.74, 6) is 0.877. The van der Waals surface area contributed by atoms with Gasteiger partial charge >= 0.3 is 0 Å². The minimum Gasteiger partial charge on any atom is -0.382 e. The number of nitrogens with zero attached hydrogens (tertiary/aromatic N) is 2. The molecule has 0 unspecified atom stereocenters. The Morgan fingerprint density at radius 2 is 2.18 bits per heavy atom. The zero-order valence-corrected chi connectivity index (χ0v) is 10.0. The highest BCUT2D eigenvalue weighted by molar-refractivity contribution is 5.51. The zero-order chi connectivity index (χ0) is 11.7. The van der Waals surface area contributed by atoms with Crippen LogP contribution in [0.1, 0.15) is 19.8 Å². The highest BCUT2D eigenvalue weighted by atomic mass is 15.3. The van der Waals surface area contributed by atoms with Gasteiger partial charge in [0.2, 0.25) is 0 Å². The van der Waals surface area contributed by atoms with Crippen LogP contribution in [0.4, 0.5) is 5.69 Å². The van der Waals surface area contributed by atoms with Gasteiger partial charge in [0, 0.05) is 24.1 Å². The van der Waals surface area contributed by atoms with Crippen molar-refractivity contribution < 1.29 is 0 Å². The van der Waals surface area contributed by atoms with Gasteiger partial charge in [0.15, 0.2) is 0 Å². The van der Waals surface area contributed by atoms with Crippen LogP contribution in [0.5, 0.6) is 0 Å². The zero-order valence-electron chi connectivity index (χ0n) is 10.0. The molecule has 1 saturated carbocycles. The number of anilines is 1. The van der Waals surface area contributed by atoms with Crippen LogP contribution >= 0.6 is 0 Å². The molecule has 1 aromatic heterocycles. The highest BCUT2D eigenvalue weighted by Gasteiger charge is 2.24. The van der Waals surface area contributed by atoms with E-state index in [4.69, 9.17) is 0 Å². The molecule has 0 saturated heterocycles. The molecule has 3 nitrogen and oxygen atoms in total. The molecule has 1 fully saturated rings. The molecular formula is C14H17N3. The molecule has 1 aliphatic carbocycles. The van der Waals surface area contributed by atoms with E-state index >= 15 is 0 Å². The third-order valence-corrected chi connectivity index (χ3v) is 3.36. The first-order valence-corrected chi connectivity index (χ1v) is 6.18. The van der Waals surface area contributed by atoms with Gasteiger partial charge in [-0.3, -0.25) is 0 Å². The molecule has 1 aliphatic rings. The molecule has 2 aromatic rings. The Morgan fingerprint density at radius 1 is 1.29 bits per heavy atom. The molecule has 1 N–H and O–H groups in total. The lowest BCUT2D eigenvalue weighted by Crippen LogP contribution is -2.33. The van der Waals surface area contributed by atoms with E-state index in [0.717, 1.165) is 11.6 Å². The minimum atomic E-state index is 0.651. The van der Waals surface area contributed by atoms with Crippen molar-refractivity contribution in [2.45, 2.75) is 25.8 Å². The number of benzene rings is 1. The molecule has 3 heteroatoms. The number of aromatic nitrogens is 2. The molecule has 88 valence electrons. The van der Waals surface area contributed by atoms with Gasteiger partial charge in [-0.05, 0) is 43.0 Å². The third-order valence-electron chi connectivity index (χ3n) is 3.36. The van der Waals surface area contributed by atoms with E-state index in [2.05, 4.69) is 41.6 Å². The standard InChI is InChI=1S/C14H17N3/c1-11-8-13(9-11)16-12-4-2-5-14(10-12)17-7-3-6-15-17/h2-7,10-11,13,16H,8-9H2,1H3. The molecule has 0 spiro atoms. The fraction of sp³-hybridized carbons (Fsp3) is 0.357. The van der Waals surface area contributed by atoms with Crippen molar-refractivity contribution in [3.8, 4) is 5.69 Å². The average Bonchev–Trinajstić information content (AvgIpc) is 2.81. The van der Waals surface area contributed by atoms with Gasteiger partial charge in [0.05, 0.1) is 5.69 Å². The van der Waals surface area contributed by atoms with E-state index in [0.29, 0.717) is 6.04 Å². The first-order valence-electron chi connectivity index (χ1n) is 6.18.